The molecule has 0 atom stereocenters. The van der Waals surface area contributed by atoms with Gasteiger partial charge in [0.15, 0.2) is 0 Å². The van der Waals surface area contributed by atoms with Gasteiger partial charge < -0.3 is 5.32 Å². The van der Waals surface area contributed by atoms with E-state index in [1.54, 1.807) is 12.1 Å². The SMILES string of the molecule is Fc1ccc(CNCCCS)cc1Cl. The number of hydrogen-bond acceptors (Lipinski definition) is 2. The number of benzene rings is 1. The maximum atomic E-state index is 12.8. The molecule has 0 radical (unpaired) electrons. The Balaban J connectivity index is 2.39. The molecule has 78 valence electrons. The van der Waals surface area contributed by atoms with E-state index in [1.165, 1.54) is 6.07 Å². The van der Waals surface area contributed by atoms with Crippen molar-refractivity contribution >= 4 is 24.2 Å². The third kappa shape index (κ3) is 3.86. The largest absolute Gasteiger partial charge is 0.313 e. The lowest BCUT2D eigenvalue weighted by Crippen LogP contribution is -2.14. The van der Waals surface area contributed by atoms with Gasteiger partial charge in [0.05, 0.1) is 5.02 Å². The highest BCUT2D eigenvalue weighted by molar-refractivity contribution is 7.80. The van der Waals surface area contributed by atoms with Crippen LogP contribution >= 0.6 is 24.2 Å². The van der Waals surface area contributed by atoms with Crippen LogP contribution in [-0.2, 0) is 6.54 Å². The van der Waals surface area contributed by atoms with Gasteiger partial charge in [0, 0.05) is 6.54 Å². The van der Waals surface area contributed by atoms with Gasteiger partial charge in [-0.05, 0) is 36.4 Å². The van der Waals surface area contributed by atoms with Crippen molar-refractivity contribution in [2.45, 2.75) is 13.0 Å². The Labute approximate surface area is 94.1 Å². The van der Waals surface area contributed by atoms with E-state index in [4.69, 9.17) is 11.6 Å². The van der Waals surface area contributed by atoms with Crippen molar-refractivity contribution in [2.24, 2.45) is 0 Å². The first-order valence-electron chi connectivity index (χ1n) is 4.49. The molecule has 0 fully saturated rings. The van der Waals surface area contributed by atoms with Crippen LogP contribution in [0.4, 0.5) is 4.39 Å². The summed E-state index contributed by atoms with van der Waals surface area (Å²) in [5.74, 6) is 0.503. The van der Waals surface area contributed by atoms with Crippen molar-refractivity contribution in [1.29, 1.82) is 0 Å². The van der Waals surface area contributed by atoms with Crippen molar-refractivity contribution in [3.63, 3.8) is 0 Å². The van der Waals surface area contributed by atoms with Crippen LogP contribution in [0.15, 0.2) is 18.2 Å². The maximum Gasteiger partial charge on any atom is 0.141 e. The van der Waals surface area contributed by atoms with E-state index in [0.29, 0.717) is 6.54 Å². The average Bonchev–Trinajstić information content (AvgIpc) is 2.18. The fraction of sp³-hybridized carbons (Fsp3) is 0.400. The average molecular weight is 234 g/mol. The van der Waals surface area contributed by atoms with E-state index in [2.05, 4.69) is 17.9 Å². The summed E-state index contributed by atoms with van der Waals surface area (Å²) in [6, 6.07) is 4.76. The van der Waals surface area contributed by atoms with E-state index in [-0.39, 0.29) is 10.8 Å². The first-order valence-corrected chi connectivity index (χ1v) is 5.50. The Bertz CT molecular complexity index is 293. The molecular formula is C10H13ClFNS. The minimum absolute atomic E-state index is 0.179. The summed E-state index contributed by atoms with van der Waals surface area (Å²) in [5.41, 5.74) is 0.996. The maximum absolute atomic E-state index is 12.8. The molecule has 0 bridgehead atoms. The second-order valence-electron chi connectivity index (χ2n) is 3.00. The van der Waals surface area contributed by atoms with Crippen LogP contribution < -0.4 is 5.32 Å². The fourth-order valence-corrected chi connectivity index (χ4v) is 1.45. The second-order valence-corrected chi connectivity index (χ2v) is 3.86. The number of rotatable bonds is 5. The van der Waals surface area contributed by atoms with Crippen LogP contribution in [-0.4, -0.2) is 12.3 Å². The molecule has 1 aromatic rings. The number of halogens is 2. The van der Waals surface area contributed by atoms with Gasteiger partial charge >= 0.3 is 0 Å². The van der Waals surface area contributed by atoms with E-state index in [0.717, 1.165) is 24.3 Å². The van der Waals surface area contributed by atoms with Gasteiger partial charge in [-0.1, -0.05) is 17.7 Å². The Morgan fingerprint density at radius 2 is 2.21 bits per heavy atom. The van der Waals surface area contributed by atoms with E-state index >= 15 is 0 Å². The zero-order valence-corrected chi connectivity index (χ0v) is 9.41. The normalized spacial score (nSPS) is 10.5. The molecule has 14 heavy (non-hydrogen) atoms. The summed E-state index contributed by atoms with van der Waals surface area (Å²) in [4.78, 5) is 0. The number of nitrogens with one attached hydrogen (secondary N) is 1. The summed E-state index contributed by atoms with van der Waals surface area (Å²) < 4.78 is 12.8. The van der Waals surface area contributed by atoms with Gasteiger partial charge in [-0.15, -0.1) is 0 Å². The molecule has 0 spiro atoms. The minimum atomic E-state index is -0.370. The van der Waals surface area contributed by atoms with Gasteiger partial charge in [-0.2, -0.15) is 12.6 Å². The van der Waals surface area contributed by atoms with Crippen LogP contribution in [0.5, 0.6) is 0 Å². The van der Waals surface area contributed by atoms with Crippen molar-refractivity contribution < 1.29 is 4.39 Å². The predicted molar refractivity (Wildman–Crippen MR) is 61.6 cm³/mol. The van der Waals surface area contributed by atoms with Crippen molar-refractivity contribution in [3.8, 4) is 0 Å². The lowest BCUT2D eigenvalue weighted by atomic mass is 10.2. The van der Waals surface area contributed by atoms with Crippen molar-refractivity contribution in [2.75, 3.05) is 12.3 Å². The lowest BCUT2D eigenvalue weighted by molar-refractivity contribution is 0.625. The molecular weight excluding hydrogens is 221 g/mol. The fourth-order valence-electron chi connectivity index (χ4n) is 1.09. The summed E-state index contributed by atoms with van der Waals surface area (Å²) in [5, 5.41) is 3.40. The molecule has 1 nitrogen and oxygen atoms in total. The minimum Gasteiger partial charge on any atom is -0.313 e. The van der Waals surface area contributed by atoms with E-state index in [1.807, 2.05) is 0 Å². The summed E-state index contributed by atoms with van der Waals surface area (Å²) >= 11 is 9.74. The summed E-state index contributed by atoms with van der Waals surface area (Å²) in [6.07, 6.45) is 1.03. The van der Waals surface area contributed by atoms with Gasteiger partial charge in [-0.25, -0.2) is 4.39 Å². The number of thiol groups is 1. The van der Waals surface area contributed by atoms with Crippen LogP contribution in [0.3, 0.4) is 0 Å². The van der Waals surface area contributed by atoms with Crippen LogP contribution in [0.25, 0.3) is 0 Å². The highest BCUT2D eigenvalue weighted by Crippen LogP contribution is 2.15. The molecule has 0 aliphatic rings. The lowest BCUT2D eigenvalue weighted by Gasteiger charge is -2.04. The van der Waals surface area contributed by atoms with Gasteiger partial charge in [-0.3, -0.25) is 0 Å². The molecule has 0 aliphatic carbocycles. The Morgan fingerprint density at radius 3 is 2.86 bits per heavy atom. The van der Waals surface area contributed by atoms with Gasteiger partial charge in [0.1, 0.15) is 5.82 Å². The third-order valence-electron chi connectivity index (χ3n) is 1.82. The monoisotopic (exact) mass is 233 g/mol. The van der Waals surface area contributed by atoms with Crippen molar-refractivity contribution in [1.82, 2.24) is 5.32 Å². The highest BCUT2D eigenvalue weighted by atomic mass is 35.5. The Morgan fingerprint density at radius 1 is 1.43 bits per heavy atom. The van der Waals surface area contributed by atoms with Crippen LogP contribution in [0.2, 0.25) is 5.02 Å². The molecule has 0 saturated heterocycles. The van der Waals surface area contributed by atoms with Gasteiger partial charge in [0.25, 0.3) is 0 Å². The summed E-state index contributed by atoms with van der Waals surface area (Å²) in [7, 11) is 0. The van der Waals surface area contributed by atoms with Crippen molar-refractivity contribution in [3.05, 3.63) is 34.6 Å². The smallest absolute Gasteiger partial charge is 0.141 e. The number of hydrogen-bond donors (Lipinski definition) is 2. The zero-order valence-electron chi connectivity index (χ0n) is 7.76. The van der Waals surface area contributed by atoms with E-state index < -0.39 is 0 Å². The molecule has 0 saturated carbocycles. The topological polar surface area (TPSA) is 12.0 Å². The molecule has 4 heteroatoms. The molecule has 0 aliphatic heterocycles. The standard InChI is InChI=1S/C10H13ClFNS/c11-9-6-8(2-3-10(9)12)7-13-4-1-5-14/h2-3,6,13-14H,1,4-5,7H2. The molecule has 1 N–H and O–H groups in total. The predicted octanol–water partition coefficient (Wildman–Crippen LogP) is 2.89. The van der Waals surface area contributed by atoms with Crippen LogP contribution in [0.1, 0.15) is 12.0 Å². The van der Waals surface area contributed by atoms with Gasteiger partial charge in [0.2, 0.25) is 0 Å². The second kappa shape index (κ2) is 6.27. The van der Waals surface area contributed by atoms with E-state index in [9.17, 15) is 4.39 Å². The quantitative estimate of drug-likeness (QED) is 0.589. The first-order chi connectivity index (χ1) is 6.74. The first kappa shape index (κ1) is 11.8. The zero-order chi connectivity index (χ0) is 10.4. The molecule has 0 unspecified atom stereocenters. The Kier molecular flexibility index (Phi) is 5.30. The Hall–Kier alpha value is -0.250. The highest BCUT2D eigenvalue weighted by Gasteiger charge is 1.99. The molecule has 1 rings (SSSR count). The molecule has 0 amide bonds. The molecule has 1 aromatic carbocycles. The summed E-state index contributed by atoms with van der Waals surface area (Å²) in [6.45, 7) is 1.63. The molecule has 0 aromatic heterocycles. The third-order valence-corrected chi connectivity index (χ3v) is 2.43. The molecule has 0 heterocycles. The van der Waals surface area contributed by atoms with Crippen LogP contribution in [0, 0.1) is 5.82 Å².